The van der Waals surface area contributed by atoms with Crippen LogP contribution in [0.1, 0.15) is 17.3 Å². The molecule has 1 aromatic carbocycles. The molecule has 0 spiro atoms. The summed E-state index contributed by atoms with van der Waals surface area (Å²) in [6.07, 6.45) is 2.21. The molecule has 3 heterocycles. The molecule has 1 amide bonds. The average Bonchev–Trinajstić information content (AvgIpc) is 3.32. The molecule has 4 rings (SSSR count). The van der Waals surface area contributed by atoms with E-state index >= 15 is 0 Å². The normalized spacial score (nSPS) is 25.8. The molecule has 2 N–H and O–H groups in total. The standard InChI is InChI=1S/C17H24N8O/c1-23-9-13-6-4-3-5-12(13)7-14(23)10-24(2)17(26)15-8-18-20-16(15)25-11-19-21-22-25/h3-6,11,14-16,18,20H,7-10H2,1-2H3. The van der Waals surface area contributed by atoms with Crippen molar-refractivity contribution >= 4 is 5.91 Å². The fourth-order valence-corrected chi connectivity index (χ4v) is 3.87. The van der Waals surface area contributed by atoms with Gasteiger partial charge in [0.05, 0.1) is 5.92 Å². The van der Waals surface area contributed by atoms with Crippen molar-refractivity contribution in [2.75, 3.05) is 27.2 Å². The second-order valence-electron chi connectivity index (χ2n) is 7.13. The first-order valence-electron chi connectivity index (χ1n) is 8.86. The second-order valence-corrected chi connectivity index (χ2v) is 7.13. The quantitative estimate of drug-likeness (QED) is 0.757. The average molecular weight is 356 g/mol. The number of hydrogen-bond donors (Lipinski definition) is 2. The highest BCUT2D eigenvalue weighted by atomic mass is 16.2. The molecular weight excluding hydrogens is 332 g/mol. The second kappa shape index (κ2) is 7.10. The summed E-state index contributed by atoms with van der Waals surface area (Å²) in [6.45, 7) is 2.17. The SMILES string of the molecule is CN(CC1Cc2ccccc2CN1C)C(=O)C1CNNC1n1cnnn1. The van der Waals surface area contributed by atoms with Gasteiger partial charge in [0.15, 0.2) is 0 Å². The molecule has 1 fully saturated rings. The zero-order chi connectivity index (χ0) is 18.1. The number of hydrazine groups is 1. The highest BCUT2D eigenvalue weighted by Crippen LogP contribution is 2.24. The third-order valence-electron chi connectivity index (χ3n) is 5.40. The Labute approximate surface area is 152 Å². The van der Waals surface area contributed by atoms with Crippen LogP contribution in [-0.2, 0) is 17.8 Å². The molecule has 3 unspecified atom stereocenters. The predicted octanol–water partition coefficient (Wildman–Crippen LogP) is -0.589. The molecule has 3 atom stereocenters. The number of nitrogens with zero attached hydrogens (tertiary/aromatic N) is 6. The molecule has 2 aromatic rings. The first kappa shape index (κ1) is 17.1. The van der Waals surface area contributed by atoms with E-state index in [-0.39, 0.29) is 18.0 Å². The summed E-state index contributed by atoms with van der Waals surface area (Å²) in [4.78, 5) is 17.2. The molecule has 0 bridgehead atoms. The van der Waals surface area contributed by atoms with Crippen LogP contribution in [-0.4, -0.2) is 69.1 Å². The van der Waals surface area contributed by atoms with Gasteiger partial charge in [-0.3, -0.25) is 15.1 Å². The van der Waals surface area contributed by atoms with E-state index in [0.29, 0.717) is 19.1 Å². The van der Waals surface area contributed by atoms with E-state index in [4.69, 9.17) is 0 Å². The van der Waals surface area contributed by atoms with E-state index in [0.717, 1.165) is 13.0 Å². The first-order chi connectivity index (χ1) is 12.6. The van der Waals surface area contributed by atoms with Crippen LogP contribution < -0.4 is 10.9 Å². The van der Waals surface area contributed by atoms with Gasteiger partial charge in [-0.15, -0.1) is 5.10 Å². The molecule has 0 aliphatic carbocycles. The van der Waals surface area contributed by atoms with Crippen LogP contribution in [0.2, 0.25) is 0 Å². The number of benzene rings is 1. The van der Waals surface area contributed by atoms with Crippen LogP contribution in [0.15, 0.2) is 30.6 Å². The first-order valence-corrected chi connectivity index (χ1v) is 8.86. The van der Waals surface area contributed by atoms with Crippen molar-refractivity contribution in [3.05, 3.63) is 41.7 Å². The predicted molar refractivity (Wildman–Crippen MR) is 94.5 cm³/mol. The van der Waals surface area contributed by atoms with Gasteiger partial charge < -0.3 is 4.90 Å². The number of tetrazole rings is 1. The van der Waals surface area contributed by atoms with Crippen molar-refractivity contribution in [2.45, 2.75) is 25.2 Å². The molecule has 0 radical (unpaired) electrons. The fourth-order valence-electron chi connectivity index (χ4n) is 3.87. The van der Waals surface area contributed by atoms with Crippen LogP contribution >= 0.6 is 0 Å². The number of hydrogen-bond acceptors (Lipinski definition) is 7. The molecule has 138 valence electrons. The van der Waals surface area contributed by atoms with E-state index in [1.165, 1.54) is 17.5 Å². The lowest BCUT2D eigenvalue weighted by Gasteiger charge is -2.37. The zero-order valence-corrected chi connectivity index (χ0v) is 15.0. The summed E-state index contributed by atoms with van der Waals surface area (Å²) in [5.41, 5.74) is 8.89. The number of amides is 1. The molecule has 0 saturated carbocycles. The topological polar surface area (TPSA) is 91.2 Å². The number of likely N-dealkylation sites (N-methyl/N-ethyl adjacent to an activating group) is 2. The lowest BCUT2D eigenvalue weighted by atomic mass is 9.94. The van der Waals surface area contributed by atoms with Crippen LogP contribution in [0.25, 0.3) is 0 Å². The lowest BCUT2D eigenvalue weighted by Crippen LogP contribution is -2.48. The van der Waals surface area contributed by atoms with Gasteiger partial charge in [0.1, 0.15) is 12.5 Å². The van der Waals surface area contributed by atoms with Crippen molar-refractivity contribution in [2.24, 2.45) is 5.92 Å². The Morgan fingerprint density at radius 2 is 2.15 bits per heavy atom. The number of aromatic nitrogens is 4. The van der Waals surface area contributed by atoms with Gasteiger partial charge in [-0.1, -0.05) is 24.3 Å². The Morgan fingerprint density at radius 1 is 1.35 bits per heavy atom. The summed E-state index contributed by atoms with van der Waals surface area (Å²) < 4.78 is 1.58. The maximum absolute atomic E-state index is 13.0. The Kier molecular flexibility index (Phi) is 4.66. The van der Waals surface area contributed by atoms with E-state index in [1.54, 1.807) is 4.68 Å². The van der Waals surface area contributed by atoms with Gasteiger partial charge in [-0.25, -0.2) is 10.1 Å². The van der Waals surface area contributed by atoms with E-state index in [9.17, 15) is 4.79 Å². The van der Waals surface area contributed by atoms with Gasteiger partial charge in [-0.2, -0.15) is 0 Å². The highest BCUT2D eigenvalue weighted by molar-refractivity contribution is 5.79. The number of carbonyl (C=O) groups excluding carboxylic acids is 1. The van der Waals surface area contributed by atoms with Gasteiger partial charge in [0.25, 0.3) is 0 Å². The minimum Gasteiger partial charge on any atom is -0.344 e. The summed E-state index contributed by atoms with van der Waals surface area (Å²) in [5.74, 6) is -0.153. The maximum atomic E-state index is 13.0. The third kappa shape index (κ3) is 3.20. The largest absolute Gasteiger partial charge is 0.344 e. The van der Waals surface area contributed by atoms with E-state index < -0.39 is 0 Å². The van der Waals surface area contributed by atoms with Gasteiger partial charge in [0.2, 0.25) is 5.91 Å². The summed E-state index contributed by atoms with van der Waals surface area (Å²) in [5, 5.41) is 11.2. The van der Waals surface area contributed by atoms with Crippen LogP contribution in [0.3, 0.4) is 0 Å². The highest BCUT2D eigenvalue weighted by Gasteiger charge is 2.37. The minimum atomic E-state index is -0.273. The fraction of sp³-hybridized carbons (Fsp3) is 0.529. The smallest absolute Gasteiger partial charge is 0.230 e. The van der Waals surface area contributed by atoms with Crippen molar-refractivity contribution < 1.29 is 4.79 Å². The minimum absolute atomic E-state index is 0.0928. The van der Waals surface area contributed by atoms with Crippen LogP contribution in [0.5, 0.6) is 0 Å². The molecular formula is C17H24N8O. The van der Waals surface area contributed by atoms with Gasteiger partial charge in [0, 0.05) is 32.7 Å². The van der Waals surface area contributed by atoms with Crippen LogP contribution in [0, 0.1) is 5.92 Å². The Balaban J connectivity index is 1.43. The summed E-state index contributed by atoms with van der Waals surface area (Å²) >= 11 is 0. The van der Waals surface area contributed by atoms with Crippen molar-refractivity contribution in [3.8, 4) is 0 Å². The lowest BCUT2D eigenvalue weighted by molar-refractivity contribution is -0.135. The Morgan fingerprint density at radius 3 is 2.92 bits per heavy atom. The number of nitrogens with one attached hydrogen (secondary N) is 2. The van der Waals surface area contributed by atoms with Crippen LogP contribution in [0.4, 0.5) is 0 Å². The number of fused-ring (bicyclic) bond motifs is 1. The van der Waals surface area contributed by atoms with E-state index in [2.05, 4.69) is 62.6 Å². The molecule has 2 aliphatic rings. The van der Waals surface area contributed by atoms with Gasteiger partial charge >= 0.3 is 0 Å². The Bertz CT molecular complexity index is 764. The summed E-state index contributed by atoms with van der Waals surface area (Å²) in [7, 11) is 4.01. The molecule has 26 heavy (non-hydrogen) atoms. The Hall–Kier alpha value is -2.36. The van der Waals surface area contributed by atoms with Crippen molar-refractivity contribution in [3.63, 3.8) is 0 Å². The molecule has 2 aliphatic heterocycles. The maximum Gasteiger partial charge on any atom is 0.230 e. The van der Waals surface area contributed by atoms with Crippen molar-refractivity contribution in [1.82, 2.24) is 40.9 Å². The number of rotatable bonds is 4. The molecule has 9 nitrogen and oxygen atoms in total. The monoisotopic (exact) mass is 356 g/mol. The molecule has 1 saturated heterocycles. The third-order valence-corrected chi connectivity index (χ3v) is 5.40. The number of carbonyl (C=O) groups is 1. The van der Waals surface area contributed by atoms with Gasteiger partial charge in [-0.05, 0) is 35.0 Å². The van der Waals surface area contributed by atoms with E-state index in [1.807, 2.05) is 11.9 Å². The van der Waals surface area contributed by atoms with Crippen molar-refractivity contribution in [1.29, 1.82) is 0 Å². The summed E-state index contributed by atoms with van der Waals surface area (Å²) in [6, 6.07) is 8.86. The molecule has 9 heteroatoms. The zero-order valence-electron chi connectivity index (χ0n) is 15.0. The molecule has 1 aromatic heterocycles.